The number of ether oxygens (including phenoxy) is 1. The fourth-order valence-electron chi connectivity index (χ4n) is 2.98. The van der Waals surface area contributed by atoms with Crippen LogP contribution in [0.15, 0.2) is 0 Å². The smallest absolute Gasteiger partial charge is 0.237 e. The molecule has 0 aromatic heterocycles. The molecule has 1 heterocycles. The number of piperidine rings is 1. The number of methoxy groups -OCH3 is 1. The topological polar surface area (TPSA) is 53.6 Å². The molecule has 0 aromatic carbocycles. The van der Waals surface area contributed by atoms with Gasteiger partial charge in [0, 0.05) is 26.2 Å². The van der Waals surface area contributed by atoms with E-state index in [4.69, 9.17) is 4.74 Å². The van der Waals surface area contributed by atoms with Gasteiger partial charge in [-0.3, -0.25) is 9.69 Å². The standard InChI is InChI=1S/C15H29N3O2/c1-12(15(19)17-8-9-20-2)18(14-5-6-14)11-13-4-3-7-16-10-13/h12-14,16H,3-11H2,1-2H3,(H,17,19). The molecule has 2 N–H and O–H groups in total. The van der Waals surface area contributed by atoms with Crippen molar-refractivity contribution in [3.05, 3.63) is 0 Å². The van der Waals surface area contributed by atoms with Gasteiger partial charge in [-0.2, -0.15) is 0 Å². The second kappa shape index (κ2) is 7.96. The first kappa shape index (κ1) is 15.7. The molecular weight excluding hydrogens is 254 g/mol. The molecule has 2 atom stereocenters. The molecule has 20 heavy (non-hydrogen) atoms. The highest BCUT2D eigenvalue weighted by Crippen LogP contribution is 2.30. The fraction of sp³-hybridized carbons (Fsp3) is 0.933. The molecule has 2 aliphatic rings. The molecule has 0 spiro atoms. The number of nitrogens with one attached hydrogen (secondary N) is 2. The van der Waals surface area contributed by atoms with E-state index in [0.717, 1.165) is 19.6 Å². The number of nitrogens with zero attached hydrogens (tertiary/aromatic N) is 1. The maximum atomic E-state index is 12.2. The highest BCUT2D eigenvalue weighted by Gasteiger charge is 2.36. The summed E-state index contributed by atoms with van der Waals surface area (Å²) >= 11 is 0. The Balaban J connectivity index is 1.81. The molecule has 1 aliphatic heterocycles. The molecule has 2 unspecified atom stereocenters. The van der Waals surface area contributed by atoms with Gasteiger partial charge in [0.2, 0.25) is 5.91 Å². The quantitative estimate of drug-likeness (QED) is 0.641. The van der Waals surface area contributed by atoms with Crippen molar-refractivity contribution in [2.75, 3.05) is 39.9 Å². The van der Waals surface area contributed by atoms with Crippen molar-refractivity contribution in [2.24, 2.45) is 5.92 Å². The van der Waals surface area contributed by atoms with Crippen LogP contribution >= 0.6 is 0 Å². The molecule has 2 rings (SSSR count). The maximum absolute atomic E-state index is 12.2. The van der Waals surface area contributed by atoms with E-state index in [0.29, 0.717) is 25.1 Å². The number of hydrogen-bond acceptors (Lipinski definition) is 4. The average Bonchev–Trinajstić information content (AvgIpc) is 3.30. The summed E-state index contributed by atoms with van der Waals surface area (Å²) < 4.78 is 4.98. The lowest BCUT2D eigenvalue weighted by Gasteiger charge is -2.33. The molecule has 1 saturated heterocycles. The van der Waals surface area contributed by atoms with Crippen LogP contribution in [0.4, 0.5) is 0 Å². The van der Waals surface area contributed by atoms with Crippen molar-refractivity contribution in [1.29, 1.82) is 0 Å². The van der Waals surface area contributed by atoms with Crippen LogP contribution in [0.3, 0.4) is 0 Å². The van der Waals surface area contributed by atoms with Crippen LogP contribution in [0.5, 0.6) is 0 Å². The third kappa shape index (κ3) is 4.72. The van der Waals surface area contributed by atoms with E-state index in [1.54, 1.807) is 7.11 Å². The zero-order valence-electron chi connectivity index (χ0n) is 12.9. The second-order valence-corrected chi connectivity index (χ2v) is 6.10. The minimum atomic E-state index is -0.0266. The third-order valence-corrected chi connectivity index (χ3v) is 4.37. The first-order chi connectivity index (χ1) is 9.72. The van der Waals surface area contributed by atoms with E-state index in [1.807, 2.05) is 6.92 Å². The van der Waals surface area contributed by atoms with Gasteiger partial charge < -0.3 is 15.4 Å². The molecule has 5 heteroatoms. The van der Waals surface area contributed by atoms with Gasteiger partial charge in [-0.25, -0.2) is 0 Å². The molecule has 2 fully saturated rings. The van der Waals surface area contributed by atoms with Gasteiger partial charge in [-0.15, -0.1) is 0 Å². The Labute approximate surface area is 122 Å². The number of amides is 1. The molecule has 0 radical (unpaired) electrons. The van der Waals surface area contributed by atoms with E-state index in [1.165, 1.54) is 25.7 Å². The van der Waals surface area contributed by atoms with Gasteiger partial charge in [0.05, 0.1) is 12.6 Å². The van der Waals surface area contributed by atoms with Crippen LogP contribution in [0, 0.1) is 5.92 Å². The van der Waals surface area contributed by atoms with Crippen molar-refractivity contribution in [3.63, 3.8) is 0 Å². The number of carbonyl (C=O) groups excluding carboxylic acids is 1. The summed E-state index contributed by atoms with van der Waals surface area (Å²) in [6.07, 6.45) is 5.04. The Hall–Kier alpha value is -0.650. The third-order valence-electron chi connectivity index (χ3n) is 4.37. The van der Waals surface area contributed by atoms with Crippen LogP contribution in [0.1, 0.15) is 32.6 Å². The van der Waals surface area contributed by atoms with Crippen molar-refractivity contribution in [1.82, 2.24) is 15.5 Å². The largest absolute Gasteiger partial charge is 0.383 e. The summed E-state index contributed by atoms with van der Waals surface area (Å²) in [5, 5.41) is 6.43. The summed E-state index contributed by atoms with van der Waals surface area (Å²) in [5.74, 6) is 0.830. The Kier molecular flexibility index (Phi) is 6.26. The minimum absolute atomic E-state index is 0.0266. The highest BCUT2D eigenvalue weighted by atomic mass is 16.5. The number of rotatable bonds is 8. The predicted molar refractivity (Wildman–Crippen MR) is 79.7 cm³/mol. The first-order valence-electron chi connectivity index (χ1n) is 7.95. The Bertz CT molecular complexity index is 301. The van der Waals surface area contributed by atoms with E-state index in [2.05, 4.69) is 15.5 Å². The number of hydrogen-bond donors (Lipinski definition) is 2. The number of carbonyl (C=O) groups is 1. The normalized spacial score (nSPS) is 24.6. The van der Waals surface area contributed by atoms with Gasteiger partial charge in [0.15, 0.2) is 0 Å². The monoisotopic (exact) mass is 283 g/mol. The van der Waals surface area contributed by atoms with Gasteiger partial charge >= 0.3 is 0 Å². The first-order valence-corrected chi connectivity index (χ1v) is 7.95. The van der Waals surface area contributed by atoms with E-state index < -0.39 is 0 Å². The highest BCUT2D eigenvalue weighted by molar-refractivity contribution is 5.81. The van der Waals surface area contributed by atoms with Gasteiger partial charge in [0.25, 0.3) is 0 Å². The van der Waals surface area contributed by atoms with Gasteiger partial charge in [-0.05, 0) is 51.6 Å². The van der Waals surface area contributed by atoms with Crippen molar-refractivity contribution >= 4 is 5.91 Å². The molecule has 0 aromatic rings. The van der Waals surface area contributed by atoms with Crippen molar-refractivity contribution in [3.8, 4) is 0 Å². The summed E-state index contributed by atoms with van der Waals surface area (Å²) in [6.45, 7) is 6.51. The fourth-order valence-corrected chi connectivity index (χ4v) is 2.98. The van der Waals surface area contributed by atoms with Crippen molar-refractivity contribution in [2.45, 2.75) is 44.7 Å². The Morgan fingerprint density at radius 2 is 2.25 bits per heavy atom. The molecule has 1 amide bonds. The molecule has 1 saturated carbocycles. The van der Waals surface area contributed by atoms with Crippen LogP contribution in [-0.4, -0.2) is 62.8 Å². The summed E-state index contributed by atoms with van der Waals surface area (Å²) in [5.41, 5.74) is 0. The Morgan fingerprint density at radius 3 is 2.85 bits per heavy atom. The lowest BCUT2D eigenvalue weighted by Crippen LogP contribution is -2.50. The minimum Gasteiger partial charge on any atom is -0.383 e. The molecule has 5 nitrogen and oxygen atoms in total. The second-order valence-electron chi connectivity index (χ2n) is 6.10. The molecular formula is C15H29N3O2. The molecule has 0 bridgehead atoms. The van der Waals surface area contributed by atoms with Crippen LogP contribution in [0.25, 0.3) is 0 Å². The van der Waals surface area contributed by atoms with E-state index in [-0.39, 0.29) is 11.9 Å². The van der Waals surface area contributed by atoms with E-state index in [9.17, 15) is 4.79 Å². The van der Waals surface area contributed by atoms with Crippen molar-refractivity contribution < 1.29 is 9.53 Å². The zero-order valence-corrected chi connectivity index (χ0v) is 12.9. The lowest BCUT2D eigenvalue weighted by atomic mass is 9.98. The lowest BCUT2D eigenvalue weighted by molar-refractivity contribution is -0.126. The molecule has 1 aliphatic carbocycles. The predicted octanol–water partition coefficient (Wildman–Crippen LogP) is 0.602. The van der Waals surface area contributed by atoms with Crippen LogP contribution in [0.2, 0.25) is 0 Å². The van der Waals surface area contributed by atoms with Gasteiger partial charge in [0.1, 0.15) is 0 Å². The summed E-state index contributed by atoms with van der Waals surface area (Å²) in [7, 11) is 1.65. The summed E-state index contributed by atoms with van der Waals surface area (Å²) in [4.78, 5) is 14.6. The van der Waals surface area contributed by atoms with E-state index >= 15 is 0 Å². The zero-order chi connectivity index (χ0) is 14.4. The summed E-state index contributed by atoms with van der Waals surface area (Å²) in [6, 6.07) is 0.599. The Morgan fingerprint density at radius 1 is 1.45 bits per heavy atom. The van der Waals surface area contributed by atoms with Gasteiger partial charge in [-0.1, -0.05) is 0 Å². The van der Waals surface area contributed by atoms with Crippen LogP contribution < -0.4 is 10.6 Å². The average molecular weight is 283 g/mol. The maximum Gasteiger partial charge on any atom is 0.237 e. The molecule has 116 valence electrons. The van der Waals surface area contributed by atoms with Crippen LogP contribution in [-0.2, 0) is 9.53 Å². The SMILES string of the molecule is COCCNC(=O)C(C)N(CC1CCCNC1)C1CC1.